The van der Waals surface area contributed by atoms with E-state index < -0.39 is 9.85 Å². The van der Waals surface area contributed by atoms with Crippen LogP contribution in [0.25, 0.3) is 0 Å². The molecular formula is C29H32N4O6S. The number of benzene rings is 3. The van der Waals surface area contributed by atoms with Crippen molar-refractivity contribution in [1.29, 1.82) is 0 Å². The molecule has 0 radical (unpaired) electrons. The number of amides is 1. The van der Waals surface area contributed by atoms with Crippen LogP contribution in [0.4, 0.5) is 11.4 Å². The Kier molecular flexibility index (Phi) is 9.86. The first-order valence-corrected chi connectivity index (χ1v) is 13.9. The number of morpholine rings is 1. The summed E-state index contributed by atoms with van der Waals surface area (Å²) in [6, 6.07) is 17.1. The number of rotatable bonds is 11. The molecule has 1 saturated heterocycles. The van der Waals surface area contributed by atoms with E-state index in [1.165, 1.54) is 30.0 Å². The van der Waals surface area contributed by atoms with Gasteiger partial charge >= 0.3 is 0 Å². The van der Waals surface area contributed by atoms with Crippen molar-refractivity contribution >= 4 is 29.0 Å². The van der Waals surface area contributed by atoms with E-state index in [-0.39, 0.29) is 29.4 Å². The fourth-order valence-corrected chi connectivity index (χ4v) is 5.44. The number of ether oxygens (including phenoxy) is 1. The van der Waals surface area contributed by atoms with Crippen LogP contribution in [0.3, 0.4) is 0 Å². The van der Waals surface area contributed by atoms with Gasteiger partial charge in [-0.15, -0.1) is 0 Å². The molecule has 1 heterocycles. The number of nitrogens with zero attached hydrogens (tertiary/aromatic N) is 4. The topological polar surface area (TPSA) is 119 Å². The highest BCUT2D eigenvalue weighted by Gasteiger charge is 2.23. The van der Waals surface area contributed by atoms with Gasteiger partial charge in [-0.25, -0.2) is 0 Å². The minimum absolute atomic E-state index is 0.0602. The monoisotopic (exact) mass is 564 g/mol. The lowest BCUT2D eigenvalue weighted by atomic mass is 10.1. The van der Waals surface area contributed by atoms with Crippen LogP contribution in [0.15, 0.2) is 70.5 Å². The maximum Gasteiger partial charge on any atom is 0.273 e. The molecule has 0 N–H and O–H groups in total. The summed E-state index contributed by atoms with van der Waals surface area (Å²) >= 11 is 1.48. The largest absolute Gasteiger partial charge is 0.379 e. The second-order valence-electron chi connectivity index (χ2n) is 9.76. The average Bonchev–Trinajstić information content (AvgIpc) is 2.94. The van der Waals surface area contributed by atoms with Crippen molar-refractivity contribution in [2.75, 3.05) is 39.4 Å². The van der Waals surface area contributed by atoms with Gasteiger partial charge in [0.25, 0.3) is 17.3 Å². The summed E-state index contributed by atoms with van der Waals surface area (Å²) in [5, 5.41) is 23.2. The van der Waals surface area contributed by atoms with Crippen LogP contribution in [0, 0.1) is 34.1 Å². The molecule has 1 amide bonds. The van der Waals surface area contributed by atoms with Crippen LogP contribution >= 0.6 is 11.8 Å². The highest BCUT2D eigenvalue weighted by Crippen LogP contribution is 2.34. The second-order valence-corrected chi connectivity index (χ2v) is 10.9. The Labute approximate surface area is 237 Å². The first kappa shape index (κ1) is 29.2. The molecule has 10 nitrogen and oxygen atoms in total. The fraction of sp³-hybridized carbons (Fsp3) is 0.345. The van der Waals surface area contributed by atoms with E-state index in [1.807, 2.05) is 31.2 Å². The molecular weight excluding hydrogens is 532 g/mol. The zero-order valence-electron chi connectivity index (χ0n) is 22.6. The van der Waals surface area contributed by atoms with Gasteiger partial charge in [0, 0.05) is 71.8 Å². The molecule has 0 atom stereocenters. The standard InChI is InChI=1S/C29H32N4O6S/c1-21-4-9-26(10-5-21)40-28-11-8-25(32(35)36)18-24(28)20-31(13-3-12-30-14-16-39-17-15-30)29(34)23-7-6-22(2)27(19-23)33(37)38/h4-11,18-19H,3,12-17,20H2,1-2H3. The Bertz CT molecular complexity index is 1380. The Morgan fingerprint density at radius 2 is 1.70 bits per heavy atom. The van der Waals surface area contributed by atoms with Crippen molar-refractivity contribution in [3.63, 3.8) is 0 Å². The number of hydrogen-bond acceptors (Lipinski definition) is 8. The summed E-state index contributed by atoms with van der Waals surface area (Å²) in [4.78, 5) is 41.7. The van der Waals surface area contributed by atoms with E-state index in [0.717, 1.165) is 35.0 Å². The predicted octanol–water partition coefficient (Wildman–Crippen LogP) is 5.64. The van der Waals surface area contributed by atoms with E-state index >= 15 is 0 Å². The normalized spacial score (nSPS) is 13.7. The third-order valence-corrected chi connectivity index (χ3v) is 7.94. The van der Waals surface area contributed by atoms with Gasteiger partial charge in [0.15, 0.2) is 0 Å². The second kappa shape index (κ2) is 13.5. The summed E-state index contributed by atoms with van der Waals surface area (Å²) < 4.78 is 5.42. The zero-order chi connectivity index (χ0) is 28.6. The van der Waals surface area contributed by atoms with Crippen LogP contribution in [-0.2, 0) is 11.3 Å². The van der Waals surface area contributed by atoms with Crippen LogP contribution < -0.4 is 0 Å². The number of nitro groups is 2. The Balaban J connectivity index is 1.64. The highest BCUT2D eigenvalue weighted by molar-refractivity contribution is 7.99. The summed E-state index contributed by atoms with van der Waals surface area (Å²) in [6.07, 6.45) is 0.676. The highest BCUT2D eigenvalue weighted by atomic mass is 32.2. The molecule has 1 fully saturated rings. The van der Waals surface area contributed by atoms with Crippen molar-refractivity contribution < 1.29 is 19.4 Å². The van der Waals surface area contributed by atoms with Gasteiger partial charge < -0.3 is 9.64 Å². The lowest BCUT2D eigenvalue weighted by Crippen LogP contribution is -2.39. The van der Waals surface area contributed by atoms with E-state index in [1.54, 1.807) is 30.0 Å². The fourth-order valence-electron chi connectivity index (χ4n) is 4.53. The molecule has 0 unspecified atom stereocenters. The number of aryl methyl sites for hydroxylation is 2. The zero-order valence-corrected chi connectivity index (χ0v) is 23.4. The molecule has 40 heavy (non-hydrogen) atoms. The van der Waals surface area contributed by atoms with Crippen LogP contribution in [-0.4, -0.2) is 64.9 Å². The molecule has 210 valence electrons. The molecule has 1 aliphatic heterocycles. The number of nitro benzene ring substituents is 2. The molecule has 0 bridgehead atoms. The molecule has 0 spiro atoms. The van der Waals surface area contributed by atoms with Gasteiger partial charge in [0.05, 0.1) is 23.1 Å². The molecule has 0 aliphatic carbocycles. The minimum Gasteiger partial charge on any atom is -0.379 e. The Morgan fingerprint density at radius 3 is 2.38 bits per heavy atom. The average molecular weight is 565 g/mol. The van der Waals surface area contributed by atoms with Gasteiger partial charge in [-0.1, -0.05) is 35.5 Å². The molecule has 0 saturated carbocycles. The smallest absolute Gasteiger partial charge is 0.273 e. The van der Waals surface area contributed by atoms with Crippen molar-refractivity contribution in [1.82, 2.24) is 9.80 Å². The third-order valence-electron chi connectivity index (χ3n) is 6.81. The van der Waals surface area contributed by atoms with E-state index in [0.29, 0.717) is 37.3 Å². The maximum absolute atomic E-state index is 13.8. The van der Waals surface area contributed by atoms with Crippen LogP contribution in [0.5, 0.6) is 0 Å². The third kappa shape index (κ3) is 7.65. The maximum atomic E-state index is 13.8. The molecule has 4 rings (SSSR count). The SMILES string of the molecule is Cc1ccc(Sc2ccc([N+](=O)[O-])cc2CN(CCCN2CCOCC2)C(=O)c2ccc(C)c([N+](=O)[O-])c2)cc1. The Morgan fingerprint density at radius 1 is 0.975 bits per heavy atom. The van der Waals surface area contributed by atoms with Gasteiger partial charge in [-0.3, -0.25) is 29.9 Å². The van der Waals surface area contributed by atoms with Crippen LogP contribution in [0.2, 0.25) is 0 Å². The molecule has 11 heteroatoms. The van der Waals surface area contributed by atoms with Gasteiger partial charge in [0.2, 0.25) is 0 Å². The quantitative estimate of drug-likeness (QED) is 0.217. The number of carbonyl (C=O) groups is 1. The number of carbonyl (C=O) groups excluding carboxylic acids is 1. The molecule has 0 aromatic heterocycles. The summed E-state index contributed by atoms with van der Waals surface area (Å²) in [5.41, 5.74) is 2.26. The molecule has 3 aromatic rings. The van der Waals surface area contributed by atoms with Crippen molar-refractivity contribution in [3.05, 3.63) is 103 Å². The lowest BCUT2D eigenvalue weighted by Gasteiger charge is -2.29. The summed E-state index contributed by atoms with van der Waals surface area (Å²) in [5.74, 6) is -0.358. The van der Waals surface area contributed by atoms with E-state index in [9.17, 15) is 25.0 Å². The summed E-state index contributed by atoms with van der Waals surface area (Å²) in [7, 11) is 0. The van der Waals surface area contributed by atoms with Crippen LogP contribution in [0.1, 0.15) is 33.5 Å². The molecule has 3 aromatic carbocycles. The Hall–Kier alpha value is -3.80. The first-order chi connectivity index (χ1) is 19.2. The van der Waals surface area contributed by atoms with E-state index in [4.69, 9.17) is 4.74 Å². The summed E-state index contributed by atoms with van der Waals surface area (Å²) in [6.45, 7) is 7.88. The van der Waals surface area contributed by atoms with Crippen molar-refractivity contribution in [3.8, 4) is 0 Å². The first-order valence-electron chi connectivity index (χ1n) is 13.1. The number of hydrogen-bond donors (Lipinski definition) is 0. The van der Waals surface area contributed by atoms with Gasteiger partial charge in [-0.2, -0.15) is 0 Å². The lowest BCUT2D eigenvalue weighted by molar-refractivity contribution is -0.385. The van der Waals surface area contributed by atoms with Gasteiger partial charge in [-0.05, 0) is 50.1 Å². The minimum atomic E-state index is -0.494. The molecule has 1 aliphatic rings. The predicted molar refractivity (Wildman–Crippen MR) is 153 cm³/mol. The van der Waals surface area contributed by atoms with Crippen molar-refractivity contribution in [2.45, 2.75) is 36.6 Å². The number of non-ortho nitro benzene ring substituents is 1. The van der Waals surface area contributed by atoms with Gasteiger partial charge in [0.1, 0.15) is 0 Å². The van der Waals surface area contributed by atoms with E-state index in [2.05, 4.69) is 4.90 Å². The van der Waals surface area contributed by atoms with Crippen molar-refractivity contribution in [2.24, 2.45) is 0 Å².